The van der Waals surface area contributed by atoms with Crippen molar-refractivity contribution in [2.75, 3.05) is 27.7 Å². The Bertz CT molecular complexity index is 665. The van der Waals surface area contributed by atoms with Crippen LogP contribution in [0.3, 0.4) is 0 Å². The van der Waals surface area contributed by atoms with Crippen LogP contribution in [-0.4, -0.2) is 50.1 Å². The van der Waals surface area contributed by atoms with Crippen LogP contribution in [0.15, 0.2) is 18.2 Å². The molecule has 0 heterocycles. The lowest BCUT2D eigenvalue weighted by Crippen LogP contribution is -2.50. The predicted molar refractivity (Wildman–Crippen MR) is 121 cm³/mol. The van der Waals surface area contributed by atoms with Gasteiger partial charge in [-0.2, -0.15) is 0 Å². The fraction of sp³-hybridized carbons (Fsp3) is 0.680. The smallest absolute Gasteiger partial charge is 0.220 e. The van der Waals surface area contributed by atoms with E-state index in [9.17, 15) is 14.7 Å². The van der Waals surface area contributed by atoms with E-state index in [-0.39, 0.29) is 18.4 Å². The number of hydrogen-bond acceptors (Lipinski definition) is 3. The molecule has 0 radical (unpaired) electrons. The zero-order valence-electron chi connectivity index (χ0n) is 19.8. The highest BCUT2D eigenvalue weighted by molar-refractivity contribution is 5.77. The van der Waals surface area contributed by atoms with E-state index in [4.69, 9.17) is 0 Å². The summed E-state index contributed by atoms with van der Waals surface area (Å²) in [5, 5.41) is 13.8. The number of carboxylic acids is 1. The maximum atomic E-state index is 12.1. The summed E-state index contributed by atoms with van der Waals surface area (Å²) in [6.07, 6.45) is 9.49. The number of benzene rings is 1. The number of carbonyl (C=O) groups is 2. The third-order valence-corrected chi connectivity index (χ3v) is 5.40. The third kappa shape index (κ3) is 12.6. The molecular formula is C25H42N2O3. The molecule has 1 N–H and O–H groups in total. The zero-order chi connectivity index (χ0) is 22.6. The van der Waals surface area contributed by atoms with Crippen LogP contribution in [0.2, 0.25) is 0 Å². The number of unbranched alkanes of at least 4 members (excludes halogenated alkanes) is 6. The van der Waals surface area contributed by atoms with Gasteiger partial charge in [0, 0.05) is 18.8 Å². The summed E-state index contributed by atoms with van der Waals surface area (Å²) in [6.45, 7) is 4.91. The maximum absolute atomic E-state index is 12.1. The SMILES string of the molecule is Cc1ccc(C)c(CCCCCCCCCC(=O)N[C@H](CC(=O)[O-])C[N+](C)(C)C)c1. The van der Waals surface area contributed by atoms with Crippen LogP contribution < -0.4 is 10.4 Å². The van der Waals surface area contributed by atoms with Gasteiger partial charge in [0.05, 0.1) is 33.7 Å². The number of aliphatic carboxylic acids is 1. The highest BCUT2D eigenvalue weighted by atomic mass is 16.4. The van der Waals surface area contributed by atoms with E-state index in [1.54, 1.807) is 0 Å². The van der Waals surface area contributed by atoms with Crippen molar-refractivity contribution in [1.82, 2.24) is 5.32 Å². The molecule has 0 bridgehead atoms. The van der Waals surface area contributed by atoms with Gasteiger partial charge in [0.2, 0.25) is 5.91 Å². The number of nitrogens with zero attached hydrogens (tertiary/aromatic N) is 1. The van der Waals surface area contributed by atoms with Crippen molar-refractivity contribution < 1.29 is 19.2 Å². The molecule has 0 aliphatic heterocycles. The molecule has 5 nitrogen and oxygen atoms in total. The fourth-order valence-electron chi connectivity index (χ4n) is 3.88. The van der Waals surface area contributed by atoms with Crippen molar-refractivity contribution in [2.24, 2.45) is 0 Å². The van der Waals surface area contributed by atoms with E-state index >= 15 is 0 Å². The lowest BCUT2D eigenvalue weighted by atomic mass is 9.99. The van der Waals surface area contributed by atoms with E-state index in [2.05, 4.69) is 37.4 Å². The Morgan fingerprint density at radius 2 is 1.57 bits per heavy atom. The van der Waals surface area contributed by atoms with Crippen molar-refractivity contribution in [2.45, 2.75) is 84.1 Å². The first-order valence-corrected chi connectivity index (χ1v) is 11.4. The first-order chi connectivity index (χ1) is 14.1. The number of amides is 1. The van der Waals surface area contributed by atoms with Crippen molar-refractivity contribution in [3.8, 4) is 0 Å². The number of carboxylic acid groups (broad SMARTS) is 1. The van der Waals surface area contributed by atoms with Gasteiger partial charge in [-0.25, -0.2) is 0 Å². The molecule has 1 amide bonds. The first-order valence-electron chi connectivity index (χ1n) is 11.4. The van der Waals surface area contributed by atoms with Gasteiger partial charge in [-0.3, -0.25) is 4.79 Å². The minimum atomic E-state index is -1.12. The molecule has 0 aromatic heterocycles. The van der Waals surface area contributed by atoms with Crippen LogP contribution in [0, 0.1) is 13.8 Å². The van der Waals surface area contributed by atoms with E-state index in [0.29, 0.717) is 17.4 Å². The molecule has 0 aliphatic rings. The molecule has 0 spiro atoms. The summed E-state index contributed by atoms with van der Waals surface area (Å²) in [5.74, 6) is -1.17. The van der Waals surface area contributed by atoms with Gasteiger partial charge >= 0.3 is 0 Å². The Balaban J connectivity index is 2.11. The second-order valence-corrected chi connectivity index (χ2v) is 9.72. The van der Waals surface area contributed by atoms with Crippen molar-refractivity contribution in [3.05, 3.63) is 34.9 Å². The number of carbonyl (C=O) groups excluding carboxylic acids is 2. The second kappa shape index (κ2) is 13.4. The summed E-state index contributed by atoms with van der Waals surface area (Å²) in [7, 11) is 5.95. The summed E-state index contributed by atoms with van der Waals surface area (Å²) >= 11 is 0. The molecule has 0 unspecified atom stereocenters. The Kier molecular flexibility index (Phi) is 11.7. The molecule has 30 heavy (non-hydrogen) atoms. The molecule has 170 valence electrons. The molecule has 1 aromatic carbocycles. The molecule has 0 aliphatic carbocycles. The summed E-state index contributed by atoms with van der Waals surface area (Å²) in [6, 6.07) is 6.31. The van der Waals surface area contributed by atoms with Crippen molar-refractivity contribution in [3.63, 3.8) is 0 Å². The quantitative estimate of drug-likeness (QED) is 0.351. The monoisotopic (exact) mass is 418 g/mol. The fourth-order valence-corrected chi connectivity index (χ4v) is 3.88. The third-order valence-electron chi connectivity index (χ3n) is 5.40. The first kappa shape index (κ1) is 26.2. The van der Waals surface area contributed by atoms with E-state index in [1.807, 2.05) is 21.1 Å². The summed E-state index contributed by atoms with van der Waals surface area (Å²) in [5.41, 5.74) is 4.20. The second-order valence-electron chi connectivity index (χ2n) is 9.72. The van der Waals surface area contributed by atoms with E-state index in [1.165, 1.54) is 42.4 Å². The average Bonchev–Trinajstić information content (AvgIpc) is 2.61. The molecule has 1 rings (SSSR count). The Hall–Kier alpha value is -1.88. The van der Waals surface area contributed by atoms with Crippen LogP contribution >= 0.6 is 0 Å². The normalized spacial score (nSPS) is 12.6. The number of likely N-dealkylation sites (N-methyl/N-ethyl adjacent to an activating group) is 1. The lowest BCUT2D eigenvalue weighted by Gasteiger charge is -2.30. The van der Waals surface area contributed by atoms with Crippen LogP contribution in [0.25, 0.3) is 0 Å². The van der Waals surface area contributed by atoms with Gasteiger partial charge < -0.3 is 19.7 Å². The van der Waals surface area contributed by atoms with Crippen LogP contribution in [0.5, 0.6) is 0 Å². The maximum Gasteiger partial charge on any atom is 0.220 e. The molecule has 5 heteroatoms. The predicted octanol–water partition coefficient (Wildman–Crippen LogP) is 3.30. The lowest BCUT2D eigenvalue weighted by molar-refractivity contribution is -0.871. The standard InChI is InChI=1S/C25H42N2O3/c1-20-15-16-21(2)22(17-20)13-11-9-7-6-8-10-12-14-24(28)26-23(18-25(29)30)19-27(3,4)5/h15-17,23H,6-14,18-19H2,1-5H3,(H-,26,28,29,30)/t23-/m1/s1. The molecule has 0 saturated carbocycles. The largest absolute Gasteiger partial charge is 0.550 e. The molecule has 0 fully saturated rings. The van der Waals surface area contributed by atoms with Gasteiger partial charge in [-0.1, -0.05) is 55.9 Å². The zero-order valence-corrected chi connectivity index (χ0v) is 19.8. The Labute approximate surface area is 183 Å². The topological polar surface area (TPSA) is 69.2 Å². The Morgan fingerprint density at radius 1 is 0.967 bits per heavy atom. The van der Waals surface area contributed by atoms with Gasteiger partial charge in [-0.15, -0.1) is 0 Å². The van der Waals surface area contributed by atoms with Gasteiger partial charge in [-0.05, 0) is 44.2 Å². The minimum absolute atomic E-state index is 0.0526. The van der Waals surface area contributed by atoms with Crippen LogP contribution in [-0.2, 0) is 16.0 Å². The van der Waals surface area contributed by atoms with Crippen LogP contribution in [0.4, 0.5) is 0 Å². The van der Waals surface area contributed by atoms with Gasteiger partial charge in [0.1, 0.15) is 0 Å². The number of nitrogens with one attached hydrogen (secondary N) is 1. The number of quaternary nitrogens is 1. The van der Waals surface area contributed by atoms with E-state index < -0.39 is 5.97 Å². The summed E-state index contributed by atoms with van der Waals surface area (Å²) < 4.78 is 0.599. The summed E-state index contributed by atoms with van der Waals surface area (Å²) in [4.78, 5) is 23.1. The molecule has 1 atom stereocenters. The number of rotatable bonds is 15. The highest BCUT2D eigenvalue weighted by Gasteiger charge is 2.20. The van der Waals surface area contributed by atoms with Gasteiger partial charge in [0.25, 0.3) is 0 Å². The minimum Gasteiger partial charge on any atom is -0.550 e. The van der Waals surface area contributed by atoms with Gasteiger partial charge in [0.15, 0.2) is 0 Å². The number of hydrogen-bond donors (Lipinski definition) is 1. The van der Waals surface area contributed by atoms with E-state index in [0.717, 1.165) is 25.7 Å². The average molecular weight is 419 g/mol. The molecule has 0 saturated heterocycles. The van der Waals surface area contributed by atoms with Crippen LogP contribution in [0.1, 0.15) is 74.5 Å². The van der Waals surface area contributed by atoms with Crippen molar-refractivity contribution >= 4 is 11.9 Å². The van der Waals surface area contributed by atoms with Crippen molar-refractivity contribution in [1.29, 1.82) is 0 Å². The molecule has 1 aromatic rings. The number of aryl methyl sites for hydroxylation is 3. The molecular weight excluding hydrogens is 376 g/mol. The Morgan fingerprint density at radius 3 is 2.17 bits per heavy atom. The highest BCUT2D eigenvalue weighted by Crippen LogP contribution is 2.15.